The maximum absolute atomic E-state index is 8.91. The molecule has 0 spiro atoms. The molecule has 0 aliphatic heterocycles. The van der Waals surface area contributed by atoms with Gasteiger partial charge in [-0.15, -0.1) is 0 Å². The Morgan fingerprint density at radius 3 is 2.20 bits per heavy atom. The lowest BCUT2D eigenvalue weighted by atomic mass is 10.0. The van der Waals surface area contributed by atoms with Crippen molar-refractivity contribution in [3.63, 3.8) is 0 Å². The van der Waals surface area contributed by atoms with Crippen LogP contribution in [-0.4, -0.2) is 0 Å². The molecule has 2 N–H and O–H groups in total. The predicted molar refractivity (Wildman–Crippen MR) is 62.9 cm³/mol. The van der Waals surface area contributed by atoms with E-state index in [9.17, 15) is 0 Å². The van der Waals surface area contributed by atoms with Crippen LogP contribution in [0.4, 0.5) is 0 Å². The molecule has 0 aliphatic carbocycles. The zero-order chi connectivity index (χ0) is 11.4. The highest BCUT2D eigenvalue weighted by molar-refractivity contribution is 5.69. The minimum Gasteiger partial charge on any atom is -0.397 e. The van der Waals surface area contributed by atoms with E-state index >= 15 is 0 Å². The number of aryl methyl sites for hydroxylation is 2. The van der Waals surface area contributed by atoms with Crippen LogP contribution in [0.15, 0.2) is 23.8 Å². The molecular weight excluding hydrogens is 184 g/mol. The molecule has 1 aromatic carbocycles. The van der Waals surface area contributed by atoms with E-state index in [1.165, 1.54) is 11.1 Å². The summed E-state index contributed by atoms with van der Waals surface area (Å²) in [6.07, 6.45) is 0.676. The average molecular weight is 200 g/mol. The fourth-order valence-electron chi connectivity index (χ4n) is 1.63. The zero-order valence-electron chi connectivity index (χ0n) is 9.46. The maximum Gasteiger partial charge on any atom is 0.0968 e. The second-order valence-corrected chi connectivity index (χ2v) is 3.73. The molecule has 0 bridgehead atoms. The summed E-state index contributed by atoms with van der Waals surface area (Å²) in [5.41, 5.74) is 10.5. The van der Waals surface area contributed by atoms with Gasteiger partial charge in [0.15, 0.2) is 0 Å². The van der Waals surface area contributed by atoms with E-state index < -0.39 is 0 Å². The summed E-state index contributed by atoms with van der Waals surface area (Å²) in [5.74, 6) is 0. The first kappa shape index (κ1) is 11.3. The third-order valence-corrected chi connectivity index (χ3v) is 2.35. The lowest BCUT2D eigenvalue weighted by molar-refractivity contribution is 1.14. The summed E-state index contributed by atoms with van der Waals surface area (Å²) < 4.78 is 0. The first-order valence-corrected chi connectivity index (χ1v) is 5.05. The van der Waals surface area contributed by atoms with Crippen LogP contribution >= 0.6 is 0 Å². The molecule has 0 amide bonds. The molecule has 0 radical (unpaired) electrons. The Labute approximate surface area is 91.0 Å². The Morgan fingerprint density at radius 2 is 1.80 bits per heavy atom. The predicted octanol–water partition coefficient (Wildman–Crippen LogP) is 2.91. The van der Waals surface area contributed by atoms with Gasteiger partial charge in [0, 0.05) is 0 Å². The third-order valence-electron chi connectivity index (χ3n) is 2.35. The van der Waals surface area contributed by atoms with Crippen molar-refractivity contribution < 1.29 is 0 Å². The smallest absolute Gasteiger partial charge is 0.0968 e. The van der Waals surface area contributed by atoms with Crippen LogP contribution in [0.1, 0.15) is 30.0 Å². The van der Waals surface area contributed by atoms with Crippen molar-refractivity contribution in [3.05, 3.63) is 40.5 Å². The summed E-state index contributed by atoms with van der Waals surface area (Å²) in [6, 6.07) is 8.25. The highest BCUT2D eigenvalue weighted by Crippen LogP contribution is 2.18. The highest BCUT2D eigenvalue weighted by atomic mass is 14.6. The molecule has 0 aliphatic rings. The normalized spacial score (nSPS) is 11.9. The standard InChI is InChI=1S/C13H16N2/c1-4-11(8-14)13(15)12-6-9(2)5-10(3)7-12/h5-7H,4,15H2,1-3H3/b13-11-. The number of hydrogen-bond donors (Lipinski definition) is 1. The molecule has 0 atom stereocenters. The molecule has 0 saturated heterocycles. The van der Waals surface area contributed by atoms with E-state index in [-0.39, 0.29) is 0 Å². The van der Waals surface area contributed by atoms with Gasteiger partial charge < -0.3 is 5.73 Å². The van der Waals surface area contributed by atoms with Crippen molar-refractivity contribution in [2.45, 2.75) is 27.2 Å². The number of rotatable bonds is 2. The lowest BCUT2D eigenvalue weighted by Gasteiger charge is -2.07. The second-order valence-electron chi connectivity index (χ2n) is 3.73. The van der Waals surface area contributed by atoms with Gasteiger partial charge in [-0.1, -0.05) is 24.1 Å². The van der Waals surface area contributed by atoms with Gasteiger partial charge in [-0.25, -0.2) is 0 Å². The van der Waals surface area contributed by atoms with Gasteiger partial charge in [-0.05, 0) is 38.0 Å². The topological polar surface area (TPSA) is 49.8 Å². The van der Waals surface area contributed by atoms with E-state index in [0.29, 0.717) is 17.7 Å². The first-order chi connectivity index (χ1) is 7.08. The fraction of sp³-hybridized carbons (Fsp3) is 0.308. The lowest BCUT2D eigenvalue weighted by Crippen LogP contribution is -2.01. The summed E-state index contributed by atoms with van der Waals surface area (Å²) in [6.45, 7) is 6.00. The van der Waals surface area contributed by atoms with Crippen molar-refractivity contribution in [3.8, 4) is 6.07 Å². The van der Waals surface area contributed by atoms with Gasteiger partial charge in [0.25, 0.3) is 0 Å². The molecule has 0 fully saturated rings. The molecule has 2 nitrogen and oxygen atoms in total. The SMILES string of the molecule is CC/C(C#N)=C(/N)c1cc(C)cc(C)c1. The van der Waals surface area contributed by atoms with Crippen LogP contribution in [0.3, 0.4) is 0 Å². The number of allylic oxidation sites excluding steroid dienone is 1. The molecule has 0 heterocycles. The van der Waals surface area contributed by atoms with Gasteiger partial charge in [0.1, 0.15) is 0 Å². The summed E-state index contributed by atoms with van der Waals surface area (Å²) in [7, 11) is 0. The molecule has 2 heteroatoms. The summed E-state index contributed by atoms with van der Waals surface area (Å²) >= 11 is 0. The molecule has 0 aromatic heterocycles. The van der Waals surface area contributed by atoms with Crippen molar-refractivity contribution in [2.24, 2.45) is 5.73 Å². The second kappa shape index (κ2) is 4.65. The Balaban J connectivity index is 3.28. The number of hydrogen-bond acceptors (Lipinski definition) is 2. The van der Waals surface area contributed by atoms with E-state index in [2.05, 4.69) is 12.1 Å². The number of nitriles is 1. The van der Waals surface area contributed by atoms with Gasteiger partial charge in [0.05, 0.1) is 17.3 Å². The van der Waals surface area contributed by atoms with Crippen LogP contribution in [0, 0.1) is 25.2 Å². The quantitative estimate of drug-likeness (QED) is 0.746. The van der Waals surface area contributed by atoms with Gasteiger partial charge in [0.2, 0.25) is 0 Å². The van der Waals surface area contributed by atoms with E-state index in [1.54, 1.807) is 0 Å². The van der Waals surface area contributed by atoms with Crippen LogP contribution in [0.2, 0.25) is 0 Å². The summed E-state index contributed by atoms with van der Waals surface area (Å²) in [5, 5.41) is 8.91. The van der Waals surface area contributed by atoms with E-state index in [4.69, 9.17) is 11.0 Å². The minimum absolute atomic E-state index is 0.604. The Hall–Kier alpha value is -1.75. The monoisotopic (exact) mass is 200 g/mol. The van der Waals surface area contributed by atoms with Crippen molar-refractivity contribution in [1.82, 2.24) is 0 Å². The molecule has 1 rings (SSSR count). The maximum atomic E-state index is 8.91. The van der Waals surface area contributed by atoms with Gasteiger partial charge >= 0.3 is 0 Å². The Bertz CT molecular complexity index is 416. The summed E-state index contributed by atoms with van der Waals surface area (Å²) in [4.78, 5) is 0. The molecular formula is C13H16N2. The van der Waals surface area contributed by atoms with E-state index in [0.717, 1.165) is 5.56 Å². The minimum atomic E-state index is 0.604. The number of nitrogens with two attached hydrogens (primary N) is 1. The number of benzene rings is 1. The fourth-order valence-corrected chi connectivity index (χ4v) is 1.63. The van der Waals surface area contributed by atoms with Crippen molar-refractivity contribution in [2.75, 3.05) is 0 Å². The van der Waals surface area contributed by atoms with E-state index in [1.807, 2.05) is 32.9 Å². The van der Waals surface area contributed by atoms with Crippen LogP contribution in [0.5, 0.6) is 0 Å². The Morgan fingerprint density at radius 1 is 1.27 bits per heavy atom. The third kappa shape index (κ3) is 2.60. The number of nitrogens with zero attached hydrogens (tertiary/aromatic N) is 1. The van der Waals surface area contributed by atoms with Crippen molar-refractivity contribution >= 4 is 5.70 Å². The first-order valence-electron chi connectivity index (χ1n) is 5.05. The Kier molecular flexibility index (Phi) is 3.51. The highest BCUT2D eigenvalue weighted by Gasteiger charge is 2.04. The molecule has 1 aromatic rings. The van der Waals surface area contributed by atoms with Crippen LogP contribution in [-0.2, 0) is 0 Å². The van der Waals surface area contributed by atoms with Crippen LogP contribution < -0.4 is 5.73 Å². The van der Waals surface area contributed by atoms with Gasteiger partial charge in [-0.3, -0.25) is 0 Å². The van der Waals surface area contributed by atoms with Crippen LogP contribution in [0.25, 0.3) is 5.70 Å². The van der Waals surface area contributed by atoms with Gasteiger partial charge in [-0.2, -0.15) is 5.26 Å². The van der Waals surface area contributed by atoms with Crippen molar-refractivity contribution in [1.29, 1.82) is 5.26 Å². The molecule has 78 valence electrons. The molecule has 0 saturated carbocycles. The largest absolute Gasteiger partial charge is 0.397 e. The molecule has 0 unspecified atom stereocenters. The zero-order valence-corrected chi connectivity index (χ0v) is 9.46. The average Bonchev–Trinajstić information content (AvgIpc) is 2.18. The molecule has 15 heavy (non-hydrogen) atoms.